The van der Waals surface area contributed by atoms with Crippen LogP contribution < -0.4 is 5.32 Å². The number of sulfone groups is 1. The molecule has 0 spiro atoms. The highest BCUT2D eigenvalue weighted by atomic mass is 32.2. The van der Waals surface area contributed by atoms with Gasteiger partial charge in [0, 0.05) is 6.54 Å². The zero-order valence-corrected chi connectivity index (χ0v) is 15.3. The fraction of sp³-hybridized carbons (Fsp3) is 0.444. The Morgan fingerprint density at radius 3 is 2.64 bits per heavy atom. The SMILES string of the molecule is CCCNC(=O)c1cc(-c2ccc(C)cc2)n([C@@H]2CCS(=O)(=O)C2)n1. The lowest BCUT2D eigenvalue weighted by Crippen LogP contribution is -2.25. The number of carbonyl (C=O) groups excluding carboxylic acids is 1. The molecule has 6 nitrogen and oxygen atoms in total. The molecule has 134 valence electrons. The van der Waals surface area contributed by atoms with Crippen molar-refractivity contribution in [2.45, 2.75) is 32.7 Å². The van der Waals surface area contributed by atoms with Crippen LogP contribution in [0.25, 0.3) is 11.3 Å². The van der Waals surface area contributed by atoms with E-state index in [1.54, 1.807) is 10.7 Å². The first-order valence-electron chi connectivity index (χ1n) is 8.55. The quantitative estimate of drug-likeness (QED) is 0.886. The number of nitrogens with zero attached hydrogens (tertiary/aromatic N) is 2. The Kier molecular flexibility index (Phi) is 4.94. The molecule has 1 atom stereocenters. The number of hydrogen-bond donors (Lipinski definition) is 1. The molecule has 1 aliphatic rings. The molecule has 7 heteroatoms. The van der Waals surface area contributed by atoms with Gasteiger partial charge in [0.25, 0.3) is 5.91 Å². The highest BCUT2D eigenvalue weighted by Gasteiger charge is 2.32. The monoisotopic (exact) mass is 361 g/mol. The van der Waals surface area contributed by atoms with E-state index >= 15 is 0 Å². The van der Waals surface area contributed by atoms with Gasteiger partial charge in [-0.25, -0.2) is 8.42 Å². The Hall–Kier alpha value is -2.15. The summed E-state index contributed by atoms with van der Waals surface area (Å²) in [5.41, 5.74) is 3.17. The Morgan fingerprint density at radius 2 is 2.04 bits per heavy atom. The molecule has 25 heavy (non-hydrogen) atoms. The molecule has 0 bridgehead atoms. The van der Waals surface area contributed by atoms with Crippen LogP contribution in [0.1, 0.15) is 41.9 Å². The summed E-state index contributed by atoms with van der Waals surface area (Å²) in [5.74, 6) is 0.0148. The van der Waals surface area contributed by atoms with Crippen LogP contribution in [0.2, 0.25) is 0 Å². The van der Waals surface area contributed by atoms with Crippen molar-refractivity contribution in [3.05, 3.63) is 41.6 Å². The summed E-state index contributed by atoms with van der Waals surface area (Å²) < 4.78 is 25.5. The maximum atomic E-state index is 12.3. The van der Waals surface area contributed by atoms with Crippen molar-refractivity contribution in [3.63, 3.8) is 0 Å². The van der Waals surface area contributed by atoms with E-state index in [2.05, 4.69) is 10.4 Å². The standard InChI is InChI=1S/C18H23N3O3S/c1-3-9-19-18(22)16-11-17(14-6-4-13(2)5-7-14)21(20-16)15-8-10-25(23,24)12-15/h4-7,11,15H,3,8-10,12H2,1-2H3,(H,19,22)/t15-/m1/s1. The van der Waals surface area contributed by atoms with Gasteiger partial charge in [0.1, 0.15) is 0 Å². The van der Waals surface area contributed by atoms with Crippen LogP contribution in [-0.4, -0.2) is 42.2 Å². The molecule has 1 N–H and O–H groups in total. The predicted octanol–water partition coefficient (Wildman–Crippen LogP) is 2.36. The highest BCUT2D eigenvalue weighted by molar-refractivity contribution is 7.91. The molecular formula is C18H23N3O3S. The Morgan fingerprint density at radius 1 is 1.32 bits per heavy atom. The maximum absolute atomic E-state index is 12.3. The van der Waals surface area contributed by atoms with E-state index in [1.165, 1.54) is 0 Å². The summed E-state index contributed by atoms with van der Waals surface area (Å²) in [6.45, 7) is 4.58. The minimum absolute atomic E-state index is 0.0730. The molecule has 0 unspecified atom stereocenters. The summed E-state index contributed by atoms with van der Waals surface area (Å²) >= 11 is 0. The first kappa shape index (κ1) is 17.7. The van der Waals surface area contributed by atoms with Crippen LogP contribution in [0.5, 0.6) is 0 Å². The van der Waals surface area contributed by atoms with Gasteiger partial charge in [-0.3, -0.25) is 9.48 Å². The molecule has 1 fully saturated rings. The van der Waals surface area contributed by atoms with Gasteiger partial charge in [0.2, 0.25) is 0 Å². The second kappa shape index (κ2) is 7.00. The number of benzene rings is 1. The Balaban J connectivity index is 2.00. The number of aryl methyl sites for hydroxylation is 1. The largest absolute Gasteiger partial charge is 0.351 e. The van der Waals surface area contributed by atoms with Crippen molar-refractivity contribution in [1.29, 1.82) is 0 Å². The minimum Gasteiger partial charge on any atom is -0.351 e. The third-order valence-corrected chi connectivity index (χ3v) is 6.16. The zero-order chi connectivity index (χ0) is 18.0. The second-order valence-corrected chi connectivity index (χ2v) is 8.77. The van der Waals surface area contributed by atoms with E-state index in [0.717, 1.165) is 23.2 Å². The number of aromatic nitrogens is 2. The average molecular weight is 361 g/mol. The number of hydrogen-bond acceptors (Lipinski definition) is 4. The van der Waals surface area contributed by atoms with Gasteiger partial charge in [-0.2, -0.15) is 5.10 Å². The number of rotatable bonds is 5. The molecule has 1 amide bonds. The molecule has 0 saturated carbocycles. The molecule has 0 radical (unpaired) electrons. The molecule has 2 aromatic rings. The predicted molar refractivity (Wildman–Crippen MR) is 97.3 cm³/mol. The van der Waals surface area contributed by atoms with E-state index in [-0.39, 0.29) is 23.5 Å². The number of carbonyl (C=O) groups is 1. The zero-order valence-electron chi connectivity index (χ0n) is 14.5. The van der Waals surface area contributed by atoms with Crippen LogP contribution in [0.15, 0.2) is 30.3 Å². The minimum atomic E-state index is -3.04. The molecule has 1 aliphatic heterocycles. The van der Waals surface area contributed by atoms with Crippen LogP contribution >= 0.6 is 0 Å². The van der Waals surface area contributed by atoms with Gasteiger partial charge < -0.3 is 5.32 Å². The lowest BCUT2D eigenvalue weighted by atomic mass is 10.1. The second-order valence-electron chi connectivity index (χ2n) is 6.54. The lowest BCUT2D eigenvalue weighted by molar-refractivity contribution is 0.0947. The summed E-state index contributed by atoms with van der Waals surface area (Å²) in [7, 11) is -3.04. The molecule has 0 aliphatic carbocycles. The van der Waals surface area contributed by atoms with Gasteiger partial charge in [-0.15, -0.1) is 0 Å². The number of nitrogens with one attached hydrogen (secondary N) is 1. The van der Waals surface area contributed by atoms with E-state index in [0.29, 0.717) is 18.7 Å². The van der Waals surface area contributed by atoms with E-state index in [1.807, 2.05) is 38.1 Å². The van der Waals surface area contributed by atoms with Crippen molar-refractivity contribution < 1.29 is 13.2 Å². The molecule has 3 rings (SSSR count). The highest BCUT2D eigenvalue weighted by Crippen LogP contribution is 2.30. The van der Waals surface area contributed by atoms with Gasteiger partial charge in [-0.1, -0.05) is 36.8 Å². The topological polar surface area (TPSA) is 81.1 Å². The summed E-state index contributed by atoms with van der Waals surface area (Å²) in [4.78, 5) is 12.3. The van der Waals surface area contributed by atoms with Crippen molar-refractivity contribution in [2.24, 2.45) is 0 Å². The van der Waals surface area contributed by atoms with Gasteiger partial charge in [0.05, 0.1) is 23.2 Å². The van der Waals surface area contributed by atoms with E-state index in [4.69, 9.17) is 0 Å². The third kappa shape index (κ3) is 3.92. The fourth-order valence-corrected chi connectivity index (χ4v) is 4.71. The van der Waals surface area contributed by atoms with Crippen molar-refractivity contribution >= 4 is 15.7 Å². The Labute approximate surface area is 148 Å². The Bertz CT molecular complexity index is 869. The third-order valence-electron chi connectivity index (χ3n) is 4.41. The molecule has 2 heterocycles. The smallest absolute Gasteiger partial charge is 0.271 e. The van der Waals surface area contributed by atoms with Crippen LogP contribution in [0.3, 0.4) is 0 Å². The molecular weight excluding hydrogens is 338 g/mol. The molecule has 1 aromatic heterocycles. The first-order valence-corrected chi connectivity index (χ1v) is 10.4. The average Bonchev–Trinajstić information content (AvgIpc) is 3.16. The van der Waals surface area contributed by atoms with Gasteiger partial charge >= 0.3 is 0 Å². The molecule has 1 aromatic carbocycles. The van der Waals surface area contributed by atoms with Crippen molar-refractivity contribution in [3.8, 4) is 11.3 Å². The summed E-state index contributed by atoms with van der Waals surface area (Å²) in [6, 6.07) is 9.46. The van der Waals surface area contributed by atoms with Crippen LogP contribution in [-0.2, 0) is 9.84 Å². The molecule has 1 saturated heterocycles. The number of amides is 1. The van der Waals surface area contributed by atoms with Crippen molar-refractivity contribution in [1.82, 2.24) is 15.1 Å². The van der Waals surface area contributed by atoms with Crippen LogP contribution in [0, 0.1) is 6.92 Å². The maximum Gasteiger partial charge on any atom is 0.271 e. The fourth-order valence-electron chi connectivity index (χ4n) is 3.02. The van der Waals surface area contributed by atoms with Crippen LogP contribution in [0.4, 0.5) is 0 Å². The lowest BCUT2D eigenvalue weighted by Gasteiger charge is -2.13. The summed E-state index contributed by atoms with van der Waals surface area (Å²) in [5, 5.41) is 7.27. The van der Waals surface area contributed by atoms with Crippen molar-refractivity contribution in [2.75, 3.05) is 18.1 Å². The van der Waals surface area contributed by atoms with E-state index in [9.17, 15) is 13.2 Å². The van der Waals surface area contributed by atoms with E-state index < -0.39 is 9.84 Å². The first-order chi connectivity index (χ1) is 11.9. The summed E-state index contributed by atoms with van der Waals surface area (Å²) in [6.07, 6.45) is 1.37. The van der Waals surface area contributed by atoms with Gasteiger partial charge in [0.15, 0.2) is 15.5 Å². The van der Waals surface area contributed by atoms with Gasteiger partial charge in [-0.05, 0) is 31.4 Å². The normalized spacial score (nSPS) is 19.0.